The minimum absolute atomic E-state index is 0.172. The molecule has 0 saturated heterocycles. The summed E-state index contributed by atoms with van der Waals surface area (Å²) in [5, 5.41) is 12.7. The van der Waals surface area contributed by atoms with Gasteiger partial charge in [-0.15, -0.1) is 0 Å². The molecule has 0 aliphatic carbocycles. The molecule has 4 aromatic carbocycles. The average molecular weight is 628 g/mol. The molecule has 13 heteroatoms. The summed E-state index contributed by atoms with van der Waals surface area (Å²) in [4.78, 5) is 13.7. The van der Waals surface area contributed by atoms with Gasteiger partial charge in [0.1, 0.15) is 11.6 Å². The Hall–Kier alpha value is -4.68. The van der Waals surface area contributed by atoms with Gasteiger partial charge >= 0.3 is 18.7 Å². The maximum absolute atomic E-state index is 15.0. The van der Waals surface area contributed by atoms with Crippen LogP contribution in [0.3, 0.4) is 0 Å². The lowest BCUT2D eigenvalue weighted by molar-refractivity contribution is -0.253. The van der Waals surface area contributed by atoms with Crippen molar-refractivity contribution in [3.05, 3.63) is 130 Å². The predicted octanol–water partition coefficient (Wildman–Crippen LogP) is 8.15. The molecule has 2 N–H and O–H groups in total. The number of amides is 1. The van der Waals surface area contributed by atoms with Crippen LogP contribution in [-0.4, -0.2) is 23.5 Å². The zero-order valence-electron chi connectivity index (χ0n) is 22.5. The monoisotopic (exact) mass is 627 g/mol. The van der Waals surface area contributed by atoms with Gasteiger partial charge in [0.15, 0.2) is 11.6 Å². The smallest absolute Gasteiger partial charge is 0.461 e. The zero-order chi connectivity index (χ0) is 32.4. The van der Waals surface area contributed by atoms with Crippen molar-refractivity contribution in [2.45, 2.75) is 37.6 Å². The van der Waals surface area contributed by atoms with Gasteiger partial charge < -0.3 is 15.2 Å². The Morgan fingerprint density at radius 3 is 2.16 bits per heavy atom. The van der Waals surface area contributed by atoms with Crippen molar-refractivity contribution in [1.29, 1.82) is 0 Å². The fourth-order valence-corrected chi connectivity index (χ4v) is 4.64. The highest BCUT2D eigenvalue weighted by Gasteiger charge is 2.45. The molecule has 0 aliphatic heterocycles. The number of aryl methyl sites for hydroxylation is 1. The van der Waals surface area contributed by atoms with Gasteiger partial charge in [-0.25, -0.2) is 8.78 Å². The van der Waals surface area contributed by atoms with Crippen LogP contribution in [0.15, 0.2) is 84.9 Å². The maximum atomic E-state index is 15.0. The van der Waals surface area contributed by atoms with E-state index in [1.165, 1.54) is 6.92 Å². The Morgan fingerprint density at radius 2 is 1.55 bits per heavy atom. The molecule has 1 amide bonds. The van der Waals surface area contributed by atoms with Crippen LogP contribution in [0, 0.1) is 18.6 Å². The van der Waals surface area contributed by atoms with Crippen LogP contribution in [-0.2, 0) is 18.1 Å². The van der Waals surface area contributed by atoms with Gasteiger partial charge in [0.05, 0.1) is 11.1 Å². The van der Waals surface area contributed by atoms with Crippen LogP contribution in [0.5, 0.6) is 11.5 Å². The number of nitrogens with one attached hydrogen (secondary N) is 1. The third kappa shape index (κ3) is 6.92. The van der Waals surface area contributed by atoms with Gasteiger partial charge in [-0.1, -0.05) is 42.5 Å². The van der Waals surface area contributed by atoms with E-state index in [-0.39, 0.29) is 17.5 Å². The first kappa shape index (κ1) is 32.2. The lowest BCUT2D eigenvalue weighted by atomic mass is 9.77. The highest BCUT2D eigenvalue weighted by atomic mass is 19.4. The number of alkyl halides is 7. The third-order valence-corrected chi connectivity index (χ3v) is 6.76. The molecule has 1 atom stereocenters. The maximum Gasteiger partial charge on any atom is 0.461 e. The van der Waals surface area contributed by atoms with Gasteiger partial charge in [-0.3, -0.25) is 4.79 Å². The summed E-state index contributed by atoms with van der Waals surface area (Å²) in [6.07, 6.45) is -14.6. The van der Waals surface area contributed by atoms with E-state index in [1.54, 1.807) is 30.3 Å². The van der Waals surface area contributed by atoms with Gasteiger partial charge in [0.25, 0.3) is 5.91 Å². The van der Waals surface area contributed by atoms with Crippen molar-refractivity contribution in [2.75, 3.05) is 0 Å². The van der Waals surface area contributed by atoms with Crippen LogP contribution < -0.4 is 10.1 Å². The zero-order valence-corrected chi connectivity index (χ0v) is 22.5. The minimum Gasteiger partial charge on any atom is -0.505 e. The number of phenolic OH excluding ortho intramolecular Hbond substituents is 1. The van der Waals surface area contributed by atoms with Gasteiger partial charge in [0, 0.05) is 18.1 Å². The largest absolute Gasteiger partial charge is 0.505 e. The van der Waals surface area contributed by atoms with Crippen molar-refractivity contribution in [1.82, 2.24) is 5.32 Å². The van der Waals surface area contributed by atoms with Crippen molar-refractivity contribution in [2.24, 2.45) is 0 Å². The second kappa shape index (κ2) is 12.1. The molecule has 0 aliphatic rings. The Morgan fingerprint density at radius 1 is 0.864 bits per heavy atom. The van der Waals surface area contributed by atoms with Crippen molar-refractivity contribution < 1.29 is 54.2 Å². The number of benzene rings is 4. The molecule has 232 valence electrons. The first-order valence-corrected chi connectivity index (χ1v) is 12.7. The van der Waals surface area contributed by atoms with Crippen molar-refractivity contribution >= 4 is 5.91 Å². The quantitative estimate of drug-likeness (QED) is 0.184. The lowest BCUT2D eigenvalue weighted by Gasteiger charge is -2.37. The van der Waals surface area contributed by atoms with Crippen LogP contribution in [0.1, 0.15) is 38.2 Å². The molecule has 0 aromatic heterocycles. The number of hydrogen-bond donors (Lipinski definition) is 2. The fraction of sp³-hybridized carbons (Fsp3) is 0.194. The SMILES string of the molecule is Cc1ccc(C(=O)N[C@@](Cc2ccccc2)(c2cc(F)cc(OC(F)(F)C(F)F)c2)c2ccc(F)c(O)c2)cc1C(F)(F)F. The second-order valence-corrected chi connectivity index (χ2v) is 9.86. The van der Waals surface area contributed by atoms with Crippen molar-refractivity contribution in [3.8, 4) is 11.5 Å². The van der Waals surface area contributed by atoms with E-state index in [0.717, 1.165) is 42.5 Å². The van der Waals surface area contributed by atoms with Crippen LogP contribution in [0.25, 0.3) is 0 Å². The summed E-state index contributed by atoms with van der Waals surface area (Å²) in [5.41, 5.74) is -4.18. The van der Waals surface area contributed by atoms with E-state index < -0.39 is 70.0 Å². The lowest BCUT2D eigenvalue weighted by Crippen LogP contribution is -2.49. The normalized spacial score (nSPS) is 13.4. The summed E-state index contributed by atoms with van der Waals surface area (Å²) in [6, 6.07) is 15.1. The van der Waals surface area contributed by atoms with Crippen molar-refractivity contribution in [3.63, 3.8) is 0 Å². The summed E-state index contributed by atoms with van der Waals surface area (Å²) < 4.78 is 128. The first-order chi connectivity index (χ1) is 20.5. The number of ether oxygens (including phenoxy) is 1. The molecule has 0 fully saturated rings. The molecule has 4 nitrogen and oxygen atoms in total. The van der Waals surface area contributed by atoms with Crippen LogP contribution in [0.4, 0.5) is 39.5 Å². The molecule has 0 spiro atoms. The number of phenols is 1. The standard InChI is InChI=1S/C31H22F9NO3/c1-17-7-8-19(11-24(17)30(36,37)38)27(43)41-29(16-18-5-3-2-4-6-18,20-9-10-25(33)26(42)14-20)21-12-22(32)15-23(13-21)44-31(39,40)28(34)35/h2-15,28,42H,16H2,1H3,(H,41,43)/t29-/m1/s1. The molecular formula is C31H22F9NO3. The number of halogens is 9. The molecule has 0 unspecified atom stereocenters. The van der Waals surface area contributed by atoms with Gasteiger partial charge in [-0.05, 0) is 65.6 Å². The number of aromatic hydroxyl groups is 1. The average Bonchev–Trinajstić information content (AvgIpc) is 2.93. The van der Waals surface area contributed by atoms with E-state index in [2.05, 4.69) is 10.1 Å². The molecular weight excluding hydrogens is 605 g/mol. The molecule has 4 aromatic rings. The summed E-state index contributed by atoms with van der Waals surface area (Å²) in [5.74, 6) is -5.59. The second-order valence-electron chi connectivity index (χ2n) is 9.86. The highest BCUT2D eigenvalue weighted by Crippen LogP contribution is 2.40. The van der Waals surface area contributed by atoms with Gasteiger partial charge in [-0.2, -0.15) is 30.7 Å². The summed E-state index contributed by atoms with van der Waals surface area (Å²) >= 11 is 0. The molecule has 0 saturated carbocycles. The Balaban J connectivity index is 1.99. The van der Waals surface area contributed by atoms with E-state index in [1.807, 2.05) is 0 Å². The minimum atomic E-state index is -5.06. The third-order valence-electron chi connectivity index (χ3n) is 6.76. The number of carbonyl (C=O) groups is 1. The molecule has 44 heavy (non-hydrogen) atoms. The Labute approximate surface area is 244 Å². The molecule has 0 heterocycles. The van der Waals surface area contributed by atoms with E-state index >= 15 is 0 Å². The topological polar surface area (TPSA) is 58.6 Å². The number of hydrogen-bond acceptors (Lipinski definition) is 3. The molecule has 0 radical (unpaired) electrons. The van der Waals surface area contributed by atoms with Crippen LogP contribution in [0.2, 0.25) is 0 Å². The molecule has 0 bridgehead atoms. The molecule has 4 rings (SSSR count). The Bertz CT molecular complexity index is 1660. The fourth-order valence-electron chi connectivity index (χ4n) is 4.64. The summed E-state index contributed by atoms with van der Waals surface area (Å²) in [7, 11) is 0. The number of rotatable bonds is 9. The van der Waals surface area contributed by atoms with E-state index in [0.29, 0.717) is 17.7 Å². The first-order valence-electron chi connectivity index (χ1n) is 12.7. The highest BCUT2D eigenvalue weighted by molar-refractivity contribution is 5.95. The Kier molecular flexibility index (Phi) is 8.89. The van der Waals surface area contributed by atoms with E-state index in [9.17, 15) is 49.4 Å². The summed E-state index contributed by atoms with van der Waals surface area (Å²) in [6.45, 7) is 1.18. The predicted molar refractivity (Wildman–Crippen MR) is 141 cm³/mol. The number of carbonyl (C=O) groups excluding carboxylic acids is 1. The van der Waals surface area contributed by atoms with E-state index in [4.69, 9.17) is 0 Å². The van der Waals surface area contributed by atoms with Gasteiger partial charge in [0.2, 0.25) is 0 Å². The van der Waals surface area contributed by atoms with Crippen LogP contribution >= 0.6 is 0 Å².